The van der Waals surface area contributed by atoms with Gasteiger partial charge in [0.05, 0.1) is 13.2 Å². The number of rotatable bonds is 5. The Morgan fingerprint density at radius 1 is 1.32 bits per heavy atom. The third-order valence-electron chi connectivity index (χ3n) is 3.02. The van der Waals surface area contributed by atoms with Crippen LogP contribution in [-0.4, -0.2) is 44.0 Å². The fourth-order valence-electron chi connectivity index (χ4n) is 1.88. The van der Waals surface area contributed by atoms with Gasteiger partial charge in [-0.3, -0.25) is 0 Å². The average molecular weight is 264 g/mol. The summed E-state index contributed by atoms with van der Waals surface area (Å²) in [6.45, 7) is 2.45. The van der Waals surface area contributed by atoms with E-state index in [9.17, 15) is 4.79 Å². The van der Waals surface area contributed by atoms with E-state index < -0.39 is 0 Å². The van der Waals surface area contributed by atoms with Crippen LogP contribution in [0.5, 0.6) is 0 Å². The molecule has 0 spiro atoms. The second-order valence-corrected chi connectivity index (χ2v) is 4.53. The molecule has 0 aliphatic carbocycles. The molecule has 0 unspecified atom stereocenters. The minimum Gasteiger partial charge on any atom is -0.350 e. The Kier molecular flexibility index (Phi) is 5.18. The van der Waals surface area contributed by atoms with Crippen LogP contribution >= 0.6 is 0 Å². The summed E-state index contributed by atoms with van der Waals surface area (Å²) in [5.74, 6) is 0. The van der Waals surface area contributed by atoms with Crippen molar-refractivity contribution in [3.05, 3.63) is 35.9 Å². The standard InChI is InChI=1S/C14H20N2O3/c1-16(8-7-13-18-9-10-19-13)14(17)15-11-12-5-3-2-4-6-12/h2-6,13H,7-11H2,1H3,(H,15,17). The van der Waals surface area contributed by atoms with E-state index in [0.29, 0.717) is 32.7 Å². The van der Waals surface area contributed by atoms with E-state index in [1.807, 2.05) is 30.3 Å². The first kappa shape index (κ1) is 13.8. The van der Waals surface area contributed by atoms with Crippen LogP contribution in [0.15, 0.2) is 30.3 Å². The lowest BCUT2D eigenvalue weighted by molar-refractivity contribution is -0.0490. The lowest BCUT2D eigenvalue weighted by Crippen LogP contribution is -2.38. The molecule has 19 heavy (non-hydrogen) atoms. The van der Waals surface area contributed by atoms with Crippen molar-refractivity contribution in [2.45, 2.75) is 19.3 Å². The van der Waals surface area contributed by atoms with Gasteiger partial charge in [-0.05, 0) is 5.56 Å². The first-order valence-corrected chi connectivity index (χ1v) is 6.52. The number of benzene rings is 1. The Labute approximate surface area is 113 Å². The predicted molar refractivity (Wildman–Crippen MR) is 71.6 cm³/mol. The Hall–Kier alpha value is -1.59. The molecule has 1 fully saturated rings. The third-order valence-corrected chi connectivity index (χ3v) is 3.02. The summed E-state index contributed by atoms with van der Waals surface area (Å²) in [5, 5.41) is 2.88. The molecule has 0 bridgehead atoms. The van der Waals surface area contributed by atoms with Gasteiger partial charge in [0.25, 0.3) is 0 Å². The van der Waals surface area contributed by atoms with E-state index in [2.05, 4.69) is 5.32 Å². The topological polar surface area (TPSA) is 50.8 Å². The van der Waals surface area contributed by atoms with Gasteiger partial charge in [0, 0.05) is 26.6 Å². The number of nitrogens with one attached hydrogen (secondary N) is 1. The van der Waals surface area contributed by atoms with Crippen molar-refractivity contribution in [3.8, 4) is 0 Å². The minimum atomic E-state index is -0.163. The molecule has 5 nitrogen and oxygen atoms in total. The van der Waals surface area contributed by atoms with Crippen LogP contribution in [0, 0.1) is 0 Å². The van der Waals surface area contributed by atoms with Gasteiger partial charge in [0.2, 0.25) is 0 Å². The lowest BCUT2D eigenvalue weighted by Gasteiger charge is -2.19. The molecule has 1 aliphatic rings. The summed E-state index contributed by atoms with van der Waals surface area (Å²) >= 11 is 0. The number of carbonyl (C=O) groups excluding carboxylic acids is 1. The van der Waals surface area contributed by atoms with Crippen molar-refractivity contribution in [1.82, 2.24) is 10.2 Å². The van der Waals surface area contributed by atoms with Gasteiger partial charge in [-0.1, -0.05) is 30.3 Å². The number of carbonyl (C=O) groups is 1. The van der Waals surface area contributed by atoms with Crippen molar-refractivity contribution in [2.75, 3.05) is 26.8 Å². The maximum absolute atomic E-state index is 11.9. The highest BCUT2D eigenvalue weighted by Crippen LogP contribution is 2.08. The maximum Gasteiger partial charge on any atom is 0.317 e. The Morgan fingerprint density at radius 3 is 2.68 bits per heavy atom. The molecule has 1 aliphatic heterocycles. The molecule has 0 radical (unpaired) electrons. The highest BCUT2D eigenvalue weighted by Gasteiger charge is 2.17. The highest BCUT2D eigenvalue weighted by molar-refractivity contribution is 5.73. The number of ether oxygens (including phenoxy) is 2. The van der Waals surface area contributed by atoms with Crippen molar-refractivity contribution < 1.29 is 14.3 Å². The quantitative estimate of drug-likeness (QED) is 0.878. The van der Waals surface area contributed by atoms with Crippen LogP contribution in [0.25, 0.3) is 0 Å². The maximum atomic E-state index is 11.9. The van der Waals surface area contributed by atoms with Crippen LogP contribution < -0.4 is 5.32 Å². The van der Waals surface area contributed by atoms with Gasteiger partial charge in [-0.25, -0.2) is 4.79 Å². The normalized spacial score (nSPS) is 15.4. The number of hydrogen-bond donors (Lipinski definition) is 1. The summed E-state index contributed by atoms with van der Waals surface area (Å²) in [6.07, 6.45) is 0.541. The lowest BCUT2D eigenvalue weighted by atomic mass is 10.2. The molecule has 1 heterocycles. The molecule has 1 N–H and O–H groups in total. The van der Waals surface area contributed by atoms with Gasteiger partial charge in [-0.2, -0.15) is 0 Å². The van der Waals surface area contributed by atoms with E-state index in [1.165, 1.54) is 0 Å². The first-order valence-electron chi connectivity index (χ1n) is 6.52. The molecule has 2 rings (SSSR count). The Balaban J connectivity index is 1.67. The van der Waals surface area contributed by atoms with Crippen molar-refractivity contribution >= 4 is 6.03 Å². The summed E-state index contributed by atoms with van der Waals surface area (Å²) in [7, 11) is 1.77. The molecular formula is C14H20N2O3. The molecular weight excluding hydrogens is 244 g/mol. The predicted octanol–water partition coefficient (Wildman–Crippen LogP) is 1.59. The first-order chi connectivity index (χ1) is 9.25. The van der Waals surface area contributed by atoms with Crippen molar-refractivity contribution in [2.24, 2.45) is 0 Å². The van der Waals surface area contributed by atoms with Crippen LogP contribution in [0.1, 0.15) is 12.0 Å². The van der Waals surface area contributed by atoms with Gasteiger partial charge >= 0.3 is 6.03 Å². The molecule has 104 valence electrons. The minimum absolute atomic E-state index is 0.0816. The summed E-state index contributed by atoms with van der Waals surface area (Å²) in [5.41, 5.74) is 1.09. The molecule has 0 saturated carbocycles. The molecule has 5 heteroatoms. The van der Waals surface area contributed by atoms with E-state index in [0.717, 1.165) is 5.56 Å². The van der Waals surface area contributed by atoms with Crippen molar-refractivity contribution in [1.29, 1.82) is 0 Å². The Morgan fingerprint density at radius 2 is 2.00 bits per heavy atom. The van der Waals surface area contributed by atoms with Crippen molar-refractivity contribution in [3.63, 3.8) is 0 Å². The number of nitrogens with zero attached hydrogens (tertiary/aromatic N) is 1. The van der Waals surface area contributed by atoms with Gasteiger partial charge in [0.1, 0.15) is 0 Å². The number of hydrogen-bond acceptors (Lipinski definition) is 3. The van der Waals surface area contributed by atoms with E-state index >= 15 is 0 Å². The Bertz CT molecular complexity index is 391. The van der Waals surface area contributed by atoms with Crippen LogP contribution in [0.4, 0.5) is 4.79 Å². The number of amides is 2. The van der Waals surface area contributed by atoms with Crippen LogP contribution in [0.2, 0.25) is 0 Å². The molecule has 0 aromatic heterocycles. The second-order valence-electron chi connectivity index (χ2n) is 4.53. The zero-order chi connectivity index (χ0) is 13.5. The van der Waals surface area contributed by atoms with Gasteiger partial charge in [0.15, 0.2) is 6.29 Å². The summed E-state index contributed by atoms with van der Waals surface area (Å²) < 4.78 is 10.7. The molecule has 1 aromatic carbocycles. The average Bonchev–Trinajstić information content (AvgIpc) is 2.96. The summed E-state index contributed by atoms with van der Waals surface area (Å²) in [6, 6.07) is 9.77. The molecule has 2 amide bonds. The number of urea groups is 1. The van der Waals surface area contributed by atoms with Crippen LogP contribution in [-0.2, 0) is 16.0 Å². The van der Waals surface area contributed by atoms with E-state index in [1.54, 1.807) is 11.9 Å². The van der Waals surface area contributed by atoms with Gasteiger partial charge < -0.3 is 19.7 Å². The SMILES string of the molecule is CN(CCC1OCCO1)C(=O)NCc1ccccc1. The zero-order valence-electron chi connectivity index (χ0n) is 11.2. The van der Waals surface area contributed by atoms with Gasteiger partial charge in [-0.15, -0.1) is 0 Å². The summed E-state index contributed by atoms with van der Waals surface area (Å²) in [4.78, 5) is 13.5. The molecule has 1 aromatic rings. The largest absolute Gasteiger partial charge is 0.350 e. The van der Waals surface area contributed by atoms with E-state index in [-0.39, 0.29) is 12.3 Å². The van der Waals surface area contributed by atoms with E-state index in [4.69, 9.17) is 9.47 Å². The smallest absolute Gasteiger partial charge is 0.317 e. The van der Waals surface area contributed by atoms with Crippen LogP contribution in [0.3, 0.4) is 0 Å². The monoisotopic (exact) mass is 264 g/mol. The third kappa shape index (κ3) is 4.54. The molecule has 0 atom stereocenters. The fourth-order valence-corrected chi connectivity index (χ4v) is 1.88. The fraction of sp³-hybridized carbons (Fsp3) is 0.500. The zero-order valence-corrected chi connectivity index (χ0v) is 11.2. The molecule has 1 saturated heterocycles. The highest BCUT2D eigenvalue weighted by atomic mass is 16.7. The second kappa shape index (κ2) is 7.11.